The molecule has 1 unspecified atom stereocenters. The van der Waals surface area contributed by atoms with Gasteiger partial charge in [-0.3, -0.25) is 30.8 Å². The summed E-state index contributed by atoms with van der Waals surface area (Å²) < 4.78 is 41.3. The van der Waals surface area contributed by atoms with Crippen molar-refractivity contribution in [2.24, 2.45) is 11.8 Å². The molecule has 1 aromatic heterocycles. The minimum atomic E-state index is -1.09. The van der Waals surface area contributed by atoms with Crippen molar-refractivity contribution >= 4 is 36.1 Å². The van der Waals surface area contributed by atoms with Crippen molar-refractivity contribution in [2.45, 2.75) is 47.7 Å². The molecule has 0 amide bonds. The summed E-state index contributed by atoms with van der Waals surface area (Å²) in [5.41, 5.74) is 3.34. The third kappa shape index (κ3) is 13.0. The number of carbonyl (C=O) groups excluding carboxylic acids is 4. The lowest BCUT2D eigenvalue weighted by molar-refractivity contribution is -0.161. The Kier molecular flexibility index (Phi) is 19.2. The second-order valence-electron chi connectivity index (χ2n) is 8.85. The molecule has 45 heavy (non-hydrogen) atoms. The molecule has 0 radical (unpaired) electrons. The third-order valence-corrected chi connectivity index (χ3v) is 5.71. The van der Waals surface area contributed by atoms with Crippen molar-refractivity contribution < 1.29 is 42.2 Å². The van der Waals surface area contributed by atoms with Crippen LogP contribution >= 0.6 is 12.4 Å². The summed E-state index contributed by atoms with van der Waals surface area (Å²) >= 11 is 0. The number of H-pyrrole nitrogens is 1. The van der Waals surface area contributed by atoms with Gasteiger partial charge in [-0.25, -0.2) is 23.1 Å². The molecule has 248 valence electrons. The SMILES string of the molecule is CCOC(=O)C(=O)C(C)C(=O)OCC.CCOC(=O)c1[nH]n(Cc2ccccc2F)c(=O)c1C.Cl.NNCc1ccccc1F. The second kappa shape index (κ2) is 21.3. The molecule has 0 aliphatic heterocycles. The molecular formula is C30H39ClF2N4O8. The van der Waals surface area contributed by atoms with Crippen LogP contribution in [-0.2, 0) is 41.7 Å². The average molecular weight is 657 g/mol. The molecule has 0 spiro atoms. The van der Waals surface area contributed by atoms with E-state index in [2.05, 4.69) is 20.0 Å². The van der Waals surface area contributed by atoms with Crippen LogP contribution in [0.1, 0.15) is 54.9 Å². The van der Waals surface area contributed by atoms with Gasteiger partial charge in [0.1, 0.15) is 23.2 Å². The van der Waals surface area contributed by atoms with E-state index >= 15 is 0 Å². The number of aromatic nitrogens is 2. The normalized spacial score (nSPS) is 10.5. The molecule has 3 aromatic rings. The zero-order valence-corrected chi connectivity index (χ0v) is 26.5. The van der Waals surface area contributed by atoms with Crippen molar-refractivity contribution in [1.29, 1.82) is 0 Å². The third-order valence-electron chi connectivity index (χ3n) is 5.71. The number of esters is 3. The summed E-state index contributed by atoms with van der Waals surface area (Å²) in [6.45, 7) is 8.65. The zero-order chi connectivity index (χ0) is 33.2. The van der Waals surface area contributed by atoms with E-state index in [-0.39, 0.29) is 61.4 Å². The molecule has 2 aromatic carbocycles. The second-order valence-corrected chi connectivity index (χ2v) is 8.85. The van der Waals surface area contributed by atoms with E-state index < -0.39 is 35.4 Å². The minimum absolute atomic E-state index is 0. The Labute approximate surface area is 265 Å². The predicted octanol–water partition coefficient (Wildman–Crippen LogP) is 3.38. The fraction of sp³-hybridized carbons (Fsp3) is 0.367. The number of nitrogens with two attached hydrogens (primary N) is 1. The Morgan fingerprint density at radius 3 is 1.89 bits per heavy atom. The lowest BCUT2D eigenvalue weighted by atomic mass is 10.1. The van der Waals surface area contributed by atoms with E-state index in [4.69, 9.17) is 10.6 Å². The molecule has 15 heteroatoms. The zero-order valence-electron chi connectivity index (χ0n) is 25.7. The van der Waals surface area contributed by atoms with E-state index in [0.29, 0.717) is 17.7 Å². The Morgan fingerprint density at radius 2 is 1.40 bits per heavy atom. The number of Topliss-reactive ketones (excluding diaryl/α,β-unsaturated/α-hetero) is 1. The maximum Gasteiger partial charge on any atom is 0.375 e. The molecule has 0 aliphatic rings. The molecular weight excluding hydrogens is 618 g/mol. The first-order chi connectivity index (χ1) is 20.9. The Balaban J connectivity index is 0.000000680. The van der Waals surface area contributed by atoms with Gasteiger partial charge in [0.2, 0.25) is 0 Å². The summed E-state index contributed by atoms with van der Waals surface area (Å²) in [5.74, 6) is 0.149. The molecule has 0 saturated heterocycles. The number of nitrogens with one attached hydrogen (secondary N) is 2. The van der Waals surface area contributed by atoms with E-state index in [0.717, 1.165) is 0 Å². The standard InChI is InChI=1S/C14H15FN2O3.C9H14O5.C7H9FN2.ClH/c1-3-20-14(19)12-9(2)13(18)17(16-12)8-10-6-4-5-7-11(10)15;1-4-13-8(11)6(3)7(10)9(12)14-5-2;8-7-4-2-1-3-6(7)5-10-9;/h4-7,16H,3,8H2,1-2H3;6H,4-5H2,1-3H3;1-4,10H,5,9H2;1H. The van der Waals surface area contributed by atoms with Gasteiger partial charge in [0, 0.05) is 23.2 Å². The summed E-state index contributed by atoms with van der Waals surface area (Å²) in [6, 6.07) is 12.7. The number of ketones is 1. The number of nitrogens with zero attached hydrogens (tertiary/aromatic N) is 1. The number of rotatable bonds is 11. The first-order valence-corrected chi connectivity index (χ1v) is 13.7. The summed E-state index contributed by atoms with van der Waals surface area (Å²) in [5, 5.41) is 2.67. The number of hydrogen-bond acceptors (Lipinski definition) is 10. The molecule has 12 nitrogen and oxygen atoms in total. The van der Waals surface area contributed by atoms with Crippen molar-refractivity contribution in [2.75, 3.05) is 19.8 Å². The first kappa shape index (κ1) is 40.6. The number of hydrazine groups is 1. The van der Waals surface area contributed by atoms with Crippen LogP contribution in [0.5, 0.6) is 0 Å². The number of carbonyl (C=O) groups is 4. The summed E-state index contributed by atoms with van der Waals surface area (Å²) in [7, 11) is 0. The van der Waals surface area contributed by atoms with E-state index in [1.54, 1.807) is 57.2 Å². The maximum absolute atomic E-state index is 13.6. The number of ether oxygens (including phenoxy) is 3. The van der Waals surface area contributed by atoms with Gasteiger partial charge < -0.3 is 14.2 Å². The predicted molar refractivity (Wildman–Crippen MR) is 163 cm³/mol. The highest BCUT2D eigenvalue weighted by Crippen LogP contribution is 2.09. The van der Waals surface area contributed by atoms with Gasteiger partial charge >= 0.3 is 17.9 Å². The number of halogens is 3. The molecule has 3 rings (SSSR count). The lowest BCUT2D eigenvalue weighted by Gasteiger charge is -2.07. The van der Waals surface area contributed by atoms with Gasteiger partial charge in [0.25, 0.3) is 11.3 Å². The van der Waals surface area contributed by atoms with E-state index in [1.807, 2.05) is 0 Å². The van der Waals surface area contributed by atoms with Crippen molar-refractivity contribution in [3.8, 4) is 0 Å². The van der Waals surface area contributed by atoms with Gasteiger partial charge in [0.15, 0.2) is 0 Å². The van der Waals surface area contributed by atoms with Gasteiger partial charge in [-0.15, -0.1) is 12.4 Å². The van der Waals surface area contributed by atoms with Gasteiger partial charge in [-0.2, -0.15) is 0 Å². The average Bonchev–Trinajstić information content (AvgIpc) is 3.28. The number of aromatic amines is 1. The molecule has 0 aliphatic carbocycles. The fourth-order valence-corrected chi connectivity index (χ4v) is 3.39. The highest BCUT2D eigenvalue weighted by molar-refractivity contribution is 6.37. The van der Waals surface area contributed by atoms with Crippen molar-refractivity contribution in [3.05, 3.63) is 92.9 Å². The van der Waals surface area contributed by atoms with Crippen LogP contribution in [0.2, 0.25) is 0 Å². The van der Waals surface area contributed by atoms with Gasteiger partial charge in [-0.1, -0.05) is 36.4 Å². The molecule has 1 atom stereocenters. The monoisotopic (exact) mass is 656 g/mol. The Bertz CT molecular complexity index is 1460. The van der Waals surface area contributed by atoms with Crippen LogP contribution < -0.4 is 16.8 Å². The minimum Gasteiger partial charge on any atom is -0.465 e. The summed E-state index contributed by atoms with van der Waals surface area (Å²) in [6.07, 6.45) is 0. The molecule has 0 saturated carbocycles. The van der Waals surface area contributed by atoms with Crippen LogP contribution in [0.15, 0.2) is 53.3 Å². The Morgan fingerprint density at radius 1 is 0.889 bits per heavy atom. The highest BCUT2D eigenvalue weighted by Gasteiger charge is 2.29. The fourth-order valence-electron chi connectivity index (χ4n) is 3.39. The topological polar surface area (TPSA) is 172 Å². The van der Waals surface area contributed by atoms with Crippen LogP contribution in [0, 0.1) is 24.5 Å². The van der Waals surface area contributed by atoms with E-state index in [1.165, 1.54) is 30.7 Å². The highest BCUT2D eigenvalue weighted by atomic mass is 35.5. The van der Waals surface area contributed by atoms with Crippen LogP contribution in [-0.4, -0.2) is 53.3 Å². The number of benzene rings is 2. The van der Waals surface area contributed by atoms with Crippen LogP contribution in [0.25, 0.3) is 0 Å². The quantitative estimate of drug-likeness (QED) is 0.0694. The lowest BCUT2D eigenvalue weighted by Crippen LogP contribution is -2.30. The van der Waals surface area contributed by atoms with Crippen molar-refractivity contribution in [1.82, 2.24) is 15.2 Å². The van der Waals surface area contributed by atoms with Gasteiger partial charge in [-0.05, 0) is 46.8 Å². The molecule has 1 heterocycles. The van der Waals surface area contributed by atoms with Crippen LogP contribution in [0.4, 0.5) is 8.78 Å². The molecule has 0 bridgehead atoms. The number of hydrogen-bond donors (Lipinski definition) is 3. The molecule has 0 fully saturated rings. The Hall–Kier alpha value is -4.40. The smallest absolute Gasteiger partial charge is 0.375 e. The first-order valence-electron chi connectivity index (χ1n) is 13.7. The summed E-state index contributed by atoms with van der Waals surface area (Å²) in [4.78, 5) is 56.8. The molecule has 4 N–H and O–H groups in total. The largest absolute Gasteiger partial charge is 0.465 e. The van der Waals surface area contributed by atoms with Crippen molar-refractivity contribution in [3.63, 3.8) is 0 Å². The van der Waals surface area contributed by atoms with E-state index in [9.17, 15) is 32.8 Å². The maximum atomic E-state index is 13.6. The van der Waals surface area contributed by atoms with Crippen LogP contribution in [0.3, 0.4) is 0 Å². The van der Waals surface area contributed by atoms with Gasteiger partial charge in [0.05, 0.1) is 26.4 Å².